The Morgan fingerprint density at radius 2 is 1.52 bits per heavy atom. The second-order valence-electron chi connectivity index (χ2n) is 6.63. The zero-order chi connectivity index (χ0) is 20.5. The largest absolute Gasteiger partial charge is 0.497 e. The van der Waals surface area contributed by atoms with Gasteiger partial charge in [-0.1, -0.05) is 47.4 Å². The molecule has 3 aromatic rings. The molecule has 0 bridgehead atoms. The van der Waals surface area contributed by atoms with Gasteiger partial charge in [-0.15, -0.1) is 0 Å². The minimum Gasteiger partial charge on any atom is -0.497 e. The smallest absolute Gasteiger partial charge is 0.308 e. The zero-order valence-corrected chi connectivity index (χ0v) is 17.4. The lowest BCUT2D eigenvalue weighted by molar-refractivity contribution is -0.142. The maximum absolute atomic E-state index is 12.4. The Hall–Kier alpha value is -2.71. The number of aliphatic carboxylic acids is 1. The van der Waals surface area contributed by atoms with Crippen LogP contribution in [0.4, 0.5) is 0 Å². The number of nitrogens with one attached hydrogen (secondary N) is 1. The van der Waals surface area contributed by atoms with E-state index in [2.05, 4.69) is 4.98 Å². The van der Waals surface area contributed by atoms with E-state index >= 15 is 0 Å². The van der Waals surface area contributed by atoms with Crippen LogP contribution in [0.1, 0.15) is 27.2 Å². The molecule has 0 saturated carbocycles. The minimum absolute atomic E-state index is 0.180. The maximum atomic E-state index is 12.4. The van der Waals surface area contributed by atoms with Crippen LogP contribution in [0.2, 0.25) is 0 Å². The average Bonchev–Trinajstić information content (AvgIpc) is 3.12. The molecule has 3 atom stereocenters. The summed E-state index contributed by atoms with van der Waals surface area (Å²) in [4.78, 5) is 28.0. The Balaban J connectivity index is 1.85. The molecule has 29 heavy (non-hydrogen) atoms. The number of thioether (sulfide) groups is 1. The summed E-state index contributed by atoms with van der Waals surface area (Å²) in [6.07, 6.45) is 0. The number of carbonyl (C=O) groups is 1. The van der Waals surface area contributed by atoms with Gasteiger partial charge in [-0.2, -0.15) is 0 Å². The molecule has 1 aromatic heterocycles. The highest BCUT2D eigenvalue weighted by Crippen LogP contribution is 2.55. The molecule has 0 spiro atoms. The number of fused-ring (bicyclic) bond motifs is 1. The molecule has 0 aliphatic carbocycles. The molecular formula is C21H19NO5S2. The molecule has 2 heterocycles. The molecule has 8 heteroatoms. The van der Waals surface area contributed by atoms with Crippen molar-refractivity contribution in [1.29, 1.82) is 0 Å². The van der Waals surface area contributed by atoms with Gasteiger partial charge in [-0.3, -0.25) is 9.59 Å². The molecule has 1 aliphatic heterocycles. The number of methoxy groups -OCH3 is 2. The monoisotopic (exact) mass is 429 g/mol. The Bertz CT molecular complexity index is 1070. The van der Waals surface area contributed by atoms with E-state index in [-0.39, 0.29) is 10.1 Å². The predicted molar refractivity (Wildman–Crippen MR) is 112 cm³/mol. The highest BCUT2D eigenvalue weighted by atomic mass is 32.2. The number of benzene rings is 2. The number of hydrogen-bond donors (Lipinski definition) is 2. The third-order valence-electron chi connectivity index (χ3n) is 5.06. The first-order valence-corrected chi connectivity index (χ1v) is 10.6. The molecule has 1 aliphatic rings. The second-order valence-corrected chi connectivity index (χ2v) is 8.80. The van der Waals surface area contributed by atoms with Crippen molar-refractivity contribution < 1.29 is 19.4 Å². The summed E-state index contributed by atoms with van der Waals surface area (Å²) in [5.41, 5.74) is 1.72. The summed E-state index contributed by atoms with van der Waals surface area (Å²) >= 11 is 2.48. The third kappa shape index (κ3) is 3.65. The maximum Gasteiger partial charge on any atom is 0.308 e. The summed E-state index contributed by atoms with van der Waals surface area (Å²) in [6, 6.07) is 14.8. The number of carboxylic acid groups (broad SMARTS) is 1. The molecule has 0 saturated heterocycles. The normalized spacial score (nSPS) is 20.7. The van der Waals surface area contributed by atoms with Gasteiger partial charge in [-0.25, -0.2) is 0 Å². The van der Waals surface area contributed by atoms with Gasteiger partial charge in [0.25, 0.3) is 0 Å². The highest BCUT2D eigenvalue weighted by Gasteiger charge is 2.45. The quantitative estimate of drug-likeness (QED) is 0.634. The molecule has 4 rings (SSSR count). The van der Waals surface area contributed by atoms with Crippen molar-refractivity contribution in [3.8, 4) is 11.5 Å². The van der Waals surface area contributed by atoms with Crippen molar-refractivity contribution >= 4 is 29.1 Å². The Labute approximate surface area is 175 Å². The molecule has 150 valence electrons. The third-order valence-corrected chi connectivity index (χ3v) is 7.53. The van der Waals surface area contributed by atoms with Crippen LogP contribution in [0.25, 0.3) is 0 Å². The van der Waals surface area contributed by atoms with Crippen molar-refractivity contribution in [3.63, 3.8) is 0 Å². The van der Waals surface area contributed by atoms with E-state index in [1.165, 1.54) is 11.8 Å². The van der Waals surface area contributed by atoms with Gasteiger partial charge >= 0.3 is 10.8 Å². The van der Waals surface area contributed by atoms with E-state index in [0.29, 0.717) is 11.5 Å². The minimum atomic E-state index is -0.898. The first-order chi connectivity index (χ1) is 14.0. The Morgan fingerprint density at radius 1 is 0.966 bits per heavy atom. The molecule has 0 amide bonds. The van der Waals surface area contributed by atoms with Crippen LogP contribution in [0.5, 0.6) is 11.5 Å². The second kappa shape index (κ2) is 7.96. The van der Waals surface area contributed by atoms with Crippen molar-refractivity contribution in [3.05, 3.63) is 74.2 Å². The summed E-state index contributed by atoms with van der Waals surface area (Å²) < 4.78 is 10.5. The summed E-state index contributed by atoms with van der Waals surface area (Å²) in [6.45, 7) is 0. The summed E-state index contributed by atoms with van der Waals surface area (Å²) in [5, 5.41) is 10.6. The van der Waals surface area contributed by atoms with E-state index in [1.807, 2.05) is 48.5 Å². The van der Waals surface area contributed by atoms with Gasteiger partial charge in [0.2, 0.25) is 0 Å². The van der Waals surface area contributed by atoms with Crippen LogP contribution in [0.3, 0.4) is 0 Å². The van der Waals surface area contributed by atoms with E-state index in [1.54, 1.807) is 14.2 Å². The first-order valence-electron chi connectivity index (χ1n) is 8.92. The van der Waals surface area contributed by atoms with E-state index in [4.69, 9.17) is 9.47 Å². The molecule has 2 aromatic carbocycles. The Morgan fingerprint density at radius 3 is 2.03 bits per heavy atom. The fourth-order valence-electron chi connectivity index (χ4n) is 3.67. The predicted octanol–water partition coefficient (Wildman–Crippen LogP) is 4.13. The standard InChI is InChI=1S/C21H19NO5S2/c1-26-13-7-3-11(4-8-13)15-16(20(23)24)17(12-5-9-14(27-2)10-6-12)28-19-18(15)29-21(25)22-19/h3-10,15-17H,1-2H3,(H,22,25)(H,23,24)/t15-,16+,17-/m1/s1. The van der Waals surface area contributed by atoms with Crippen LogP contribution < -0.4 is 14.3 Å². The van der Waals surface area contributed by atoms with Crippen molar-refractivity contribution in [2.24, 2.45) is 5.92 Å². The van der Waals surface area contributed by atoms with Crippen LogP contribution in [0, 0.1) is 5.92 Å². The van der Waals surface area contributed by atoms with Crippen LogP contribution in [0.15, 0.2) is 58.4 Å². The zero-order valence-electron chi connectivity index (χ0n) is 15.7. The van der Waals surface area contributed by atoms with Gasteiger partial charge in [-0.05, 0) is 35.4 Å². The molecule has 0 fully saturated rings. The number of thiazole rings is 1. The SMILES string of the molecule is COc1ccc([C@H]2c3sc(=O)[nH]c3S[C@H](c3ccc(OC)cc3)[C@H]2C(=O)O)cc1. The van der Waals surface area contributed by atoms with Crippen molar-refractivity contribution in [2.75, 3.05) is 14.2 Å². The molecule has 0 unspecified atom stereocenters. The van der Waals surface area contributed by atoms with E-state index in [0.717, 1.165) is 32.4 Å². The lowest BCUT2D eigenvalue weighted by Crippen LogP contribution is -2.30. The number of rotatable bonds is 5. The first kappa shape index (κ1) is 19.6. The van der Waals surface area contributed by atoms with Crippen LogP contribution >= 0.6 is 23.1 Å². The molecule has 6 nitrogen and oxygen atoms in total. The number of aromatic amines is 1. The average molecular weight is 430 g/mol. The summed E-state index contributed by atoms with van der Waals surface area (Å²) in [5.74, 6) is -0.671. The van der Waals surface area contributed by atoms with Crippen molar-refractivity contribution in [2.45, 2.75) is 16.2 Å². The van der Waals surface area contributed by atoms with Gasteiger partial charge in [0.05, 0.1) is 30.4 Å². The molecule has 0 radical (unpaired) electrons. The molecular weight excluding hydrogens is 410 g/mol. The number of hydrogen-bond acceptors (Lipinski definition) is 6. The van der Waals surface area contributed by atoms with E-state index < -0.39 is 17.8 Å². The lowest BCUT2D eigenvalue weighted by Gasteiger charge is -2.35. The number of carboxylic acids is 1. The fourth-order valence-corrected chi connectivity index (χ4v) is 6.27. The summed E-state index contributed by atoms with van der Waals surface area (Å²) in [7, 11) is 3.18. The lowest BCUT2D eigenvalue weighted by atomic mass is 9.80. The van der Waals surface area contributed by atoms with Crippen molar-refractivity contribution in [1.82, 2.24) is 4.98 Å². The van der Waals surface area contributed by atoms with Gasteiger partial charge in [0.1, 0.15) is 11.5 Å². The number of aromatic nitrogens is 1. The van der Waals surface area contributed by atoms with E-state index in [9.17, 15) is 14.7 Å². The van der Waals surface area contributed by atoms with Gasteiger partial charge in [0, 0.05) is 10.8 Å². The topological polar surface area (TPSA) is 88.6 Å². The highest BCUT2D eigenvalue weighted by molar-refractivity contribution is 7.99. The van der Waals surface area contributed by atoms with Gasteiger partial charge < -0.3 is 19.6 Å². The molecule has 2 N–H and O–H groups in total. The van der Waals surface area contributed by atoms with Gasteiger partial charge in [0.15, 0.2) is 0 Å². The number of H-pyrrole nitrogens is 1. The van der Waals surface area contributed by atoms with Crippen LogP contribution in [-0.2, 0) is 4.79 Å². The Kier molecular flexibility index (Phi) is 5.38. The fraction of sp³-hybridized carbons (Fsp3) is 0.238. The number of ether oxygens (including phenoxy) is 2. The van der Waals surface area contributed by atoms with Crippen LogP contribution in [-0.4, -0.2) is 30.3 Å².